The Labute approximate surface area is 156 Å². The van der Waals surface area contributed by atoms with Gasteiger partial charge in [0.1, 0.15) is 11.6 Å². The fourth-order valence-electron chi connectivity index (χ4n) is 2.88. The van der Waals surface area contributed by atoms with Crippen molar-refractivity contribution in [2.75, 3.05) is 38.0 Å². The molecule has 1 N–H and O–H groups in total. The van der Waals surface area contributed by atoms with Crippen LogP contribution in [-0.4, -0.2) is 56.3 Å². The van der Waals surface area contributed by atoms with Crippen LogP contribution in [0.25, 0.3) is 0 Å². The number of sulfonamides is 1. The molecule has 144 valence electrons. The van der Waals surface area contributed by atoms with Crippen molar-refractivity contribution in [3.8, 4) is 0 Å². The number of nitrogens with zero attached hydrogens (tertiary/aromatic N) is 2. The lowest BCUT2D eigenvalue weighted by Gasteiger charge is -2.34. The number of para-hydroxylation sites is 1. The van der Waals surface area contributed by atoms with Crippen molar-refractivity contribution in [2.24, 2.45) is 0 Å². The topological polar surface area (TPSA) is 69.7 Å². The third-order valence-corrected chi connectivity index (χ3v) is 6.28. The maximum atomic E-state index is 13.8. The number of rotatable bonds is 5. The van der Waals surface area contributed by atoms with Gasteiger partial charge in [-0.3, -0.25) is 4.79 Å². The molecule has 6 nitrogen and oxygen atoms in total. The molecule has 1 aliphatic rings. The van der Waals surface area contributed by atoms with Crippen molar-refractivity contribution in [1.82, 2.24) is 9.21 Å². The van der Waals surface area contributed by atoms with E-state index in [-0.39, 0.29) is 38.6 Å². The zero-order valence-corrected chi connectivity index (χ0v) is 15.3. The summed E-state index contributed by atoms with van der Waals surface area (Å²) in [6, 6.07) is 12.2. The molecule has 1 amide bonds. The Morgan fingerprint density at radius 1 is 0.926 bits per heavy atom. The molecule has 1 heterocycles. The maximum Gasteiger partial charge on any atom is 0.249 e. The van der Waals surface area contributed by atoms with Crippen LogP contribution in [0.4, 0.5) is 14.5 Å². The fourth-order valence-corrected chi connectivity index (χ4v) is 4.41. The zero-order chi connectivity index (χ0) is 19.4. The van der Waals surface area contributed by atoms with E-state index < -0.39 is 26.6 Å². The Balaban J connectivity index is 1.60. The molecule has 0 aromatic heterocycles. The van der Waals surface area contributed by atoms with Crippen LogP contribution in [0, 0.1) is 11.6 Å². The highest BCUT2D eigenvalue weighted by atomic mass is 32.2. The van der Waals surface area contributed by atoms with Gasteiger partial charge in [0.05, 0.1) is 6.54 Å². The number of halogens is 2. The molecular weight excluding hydrogens is 376 g/mol. The molecule has 0 spiro atoms. The van der Waals surface area contributed by atoms with Gasteiger partial charge in [0, 0.05) is 31.9 Å². The van der Waals surface area contributed by atoms with Crippen LogP contribution in [-0.2, 0) is 14.8 Å². The first-order valence-corrected chi connectivity index (χ1v) is 9.84. The minimum absolute atomic E-state index is 0.0207. The van der Waals surface area contributed by atoms with E-state index in [1.807, 2.05) is 30.3 Å². The molecule has 27 heavy (non-hydrogen) atoms. The highest BCUT2D eigenvalue weighted by Gasteiger charge is 2.33. The van der Waals surface area contributed by atoms with Crippen LogP contribution >= 0.6 is 0 Å². The van der Waals surface area contributed by atoms with Gasteiger partial charge >= 0.3 is 0 Å². The second kappa shape index (κ2) is 8.01. The average Bonchev–Trinajstić information content (AvgIpc) is 2.67. The van der Waals surface area contributed by atoms with Gasteiger partial charge in [-0.15, -0.1) is 0 Å². The van der Waals surface area contributed by atoms with E-state index in [4.69, 9.17) is 0 Å². The molecule has 0 unspecified atom stereocenters. The largest absolute Gasteiger partial charge is 0.376 e. The minimum atomic E-state index is -4.30. The van der Waals surface area contributed by atoms with Gasteiger partial charge in [-0.05, 0) is 24.3 Å². The van der Waals surface area contributed by atoms with Crippen LogP contribution in [0.3, 0.4) is 0 Å². The summed E-state index contributed by atoms with van der Waals surface area (Å²) in [7, 11) is -4.30. The lowest BCUT2D eigenvalue weighted by molar-refractivity contribution is -0.130. The molecule has 2 aromatic rings. The zero-order valence-electron chi connectivity index (χ0n) is 14.4. The normalized spacial score (nSPS) is 15.6. The Morgan fingerprint density at radius 2 is 1.52 bits per heavy atom. The van der Waals surface area contributed by atoms with Crippen LogP contribution < -0.4 is 5.32 Å². The van der Waals surface area contributed by atoms with Crippen molar-refractivity contribution in [3.63, 3.8) is 0 Å². The third-order valence-electron chi connectivity index (χ3n) is 4.33. The SMILES string of the molecule is O=C(CNc1ccccc1)N1CCN(S(=O)(=O)c2c(F)cccc2F)CC1. The maximum absolute atomic E-state index is 13.8. The molecule has 0 radical (unpaired) electrons. The number of amides is 1. The van der Waals surface area contributed by atoms with Gasteiger partial charge in [-0.25, -0.2) is 17.2 Å². The van der Waals surface area contributed by atoms with Gasteiger partial charge in [0.15, 0.2) is 4.90 Å². The third kappa shape index (κ3) is 4.25. The predicted octanol–water partition coefficient (Wildman–Crippen LogP) is 1.91. The standard InChI is InChI=1S/C18H19F2N3O3S/c19-15-7-4-8-16(20)18(15)27(25,26)23-11-9-22(10-12-23)17(24)13-21-14-5-2-1-3-6-14/h1-8,21H,9-13H2. The number of benzene rings is 2. The van der Waals surface area contributed by atoms with E-state index in [9.17, 15) is 22.0 Å². The van der Waals surface area contributed by atoms with Crippen molar-refractivity contribution in [1.29, 1.82) is 0 Å². The lowest BCUT2D eigenvalue weighted by Crippen LogP contribution is -2.51. The number of carbonyl (C=O) groups is 1. The highest BCUT2D eigenvalue weighted by molar-refractivity contribution is 7.89. The van der Waals surface area contributed by atoms with Crippen molar-refractivity contribution < 1.29 is 22.0 Å². The number of piperazine rings is 1. The first-order valence-electron chi connectivity index (χ1n) is 8.40. The number of hydrogen-bond donors (Lipinski definition) is 1. The molecule has 9 heteroatoms. The summed E-state index contributed by atoms with van der Waals surface area (Å²) in [6.07, 6.45) is 0. The van der Waals surface area contributed by atoms with Gasteiger partial charge in [0.2, 0.25) is 15.9 Å². The Bertz CT molecular complexity index is 894. The molecule has 0 atom stereocenters. The van der Waals surface area contributed by atoms with Crippen molar-refractivity contribution >= 4 is 21.6 Å². The van der Waals surface area contributed by atoms with Crippen LogP contribution in [0.5, 0.6) is 0 Å². The van der Waals surface area contributed by atoms with Gasteiger partial charge in [0.25, 0.3) is 0 Å². The van der Waals surface area contributed by atoms with E-state index in [0.717, 1.165) is 28.2 Å². The Morgan fingerprint density at radius 3 is 2.11 bits per heavy atom. The molecule has 0 bridgehead atoms. The van der Waals surface area contributed by atoms with Crippen molar-refractivity contribution in [2.45, 2.75) is 4.90 Å². The molecule has 2 aromatic carbocycles. The van der Waals surface area contributed by atoms with Crippen LogP contribution in [0.15, 0.2) is 53.4 Å². The van der Waals surface area contributed by atoms with E-state index in [2.05, 4.69) is 5.32 Å². The number of anilines is 1. The Kier molecular flexibility index (Phi) is 5.71. The first kappa shape index (κ1) is 19.2. The second-order valence-corrected chi connectivity index (χ2v) is 7.93. The summed E-state index contributed by atoms with van der Waals surface area (Å²) in [5, 5.41) is 3.00. The first-order chi connectivity index (χ1) is 12.9. The van der Waals surface area contributed by atoms with Crippen molar-refractivity contribution in [3.05, 3.63) is 60.2 Å². The number of hydrogen-bond acceptors (Lipinski definition) is 4. The summed E-state index contributed by atoms with van der Waals surface area (Å²) in [6.45, 7) is 0.355. The van der Waals surface area contributed by atoms with Crippen LogP contribution in [0.2, 0.25) is 0 Å². The summed E-state index contributed by atoms with van der Waals surface area (Å²) >= 11 is 0. The molecular formula is C18H19F2N3O3S. The van der Waals surface area contributed by atoms with E-state index in [1.165, 1.54) is 4.90 Å². The smallest absolute Gasteiger partial charge is 0.249 e. The van der Waals surface area contributed by atoms with Gasteiger partial charge in [-0.1, -0.05) is 24.3 Å². The fraction of sp³-hybridized carbons (Fsp3) is 0.278. The minimum Gasteiger partial charge on any atom is -0.376 e. The summed E-state index contributed by atoms with van der Waals surface area (Å²) in [5.74, 6) is -2.42. The molecule has 1 saturated heterocycles. The number of carbonyl (C=O) groups excluding carboxylic acids is 1. The summed E-state index contributed by atoms with van der Waals surface area (Å²) in [4.78, 5) is 12.9. The summed E-state index contributed by atoms with van der Waals surface area (Å²) < 4.78 is 53.8. The molecule has 0 aliphatic carbocycles. The summed E-state index contributed by atoms with van der Waals surface area (Å²) in [5.41, 5.74) is 0.807. The van der Waals surface area contributed by atoms with Crippen LogP contribution in [0.1, 0.15) is 0 Å². The Hall–Kier alpha value is -2.52. The molecule has 1 fully saturated rings. The lowest BCUT2D eigenvalue weighted by atomic mass is 10.3. The molecule has 1 aliphatic heterocycles. The molecule has 0 saturated carbocycles. The quantitative estimate of drug-likeness (QED) is 0.840. The van der Waals surface area contributed by atoms with E-state index in [1.54, 1.807) is 0 Å². The second-order valence-electron chi connectivity index (χ2n) is 6.06. The predicted molar refractivity (Wildman–Crippen MR) is 96.6 cm³/mol. The van der Waals surface area contributed by atoms with E-state index >= 15 is 0 Å². The highest BCUT2D eigenvalue weighted by Crippen LogP contribution is 2.23. The number of nitrogens with one attached hydrogen (secondary N) is 1. The monoisotopic (exact) mass is 395 g/mol. The van der Waals surface area contributed by atoms with Gasteiger partial charge < -0.3 is 10.2 Å². The van der Waals surface area contributed by atoms with E-state index in [0.29, 0.717) is 0 Å². The van der Waals surface area contributed by atoms with Gasteiger partial charge in [-0.2, -0.15) is 4.31 Å². The molecule has 3 rings (SSSR count). The average molecular weight is 395 g/mol.